The van der Waals surface area contributed by atoms with Crippen molar-refractivity contribution in [3.8, 4) is 5.75 Å². The van der Waals surface area contributed by atoms with Gasteiger partial charge in [-0.1, -0.05) is 0 Å². The molecule has 1 saturated heterocycles. The van der Waals surface area contributed by atoms with Crippen LogP contribution in [0.2, 0.25) is 0 Å². The van der Waals surface area contributed by atoms with Crippen LogP contribution in [-0.4, -0.2) is 36.5 Å². The molecule has 0 aliphatic carbocycles. The molecule has 0 aromatic heterocycles. The Morgan fingerprint density at radius 3 is 2.55 bits per heavy atom. The molecule has 0 bridgehead atoms. The Labute approximate surface area is 122 Å². The van der Waals surface area contributed by atoms with Gasteiger partial charge in [0.25, 0.3) is 5.91 Å². The maximum atomic E-state index is 12.2. The zero-order valence-corrected chi connectivity index (χ0v) is 11.6. The lowest BCUT2D eigenvalue weighted by molar-refractivity contribution is -0.0498. The summed E-state index contributed by atoms with van der Waals surface area (Å²) in [7, 11) is 0. The van der Waals surface area contributed by atoms with Crippen LogP contribution in [0.25, 0.3) is 0 Å². The Morgan fingerprint density at radius 2 is 2.00 bits per heavy atom. The van der Waals surface area contributed by atoms with Gasteiger partial charge in [0.1, 0.15) is 5.75 Å². The van der Waals surface area contributed by atoms with Gasteiger partial charge in [0.15, 0.2) is 0 Å². The Balaban J connectivity index is 0.00000200. The number of halogens is 3. The van der Waals surface area contributed by atoms with E-state index < -0.39 is 6.61 Å². The van der Waals surface area contributed by atoms with Gasteiger partial charge < -0.3 is 15.4 Å². The highest BCUT2D eigenvalue weighted by Gasteiger charge is 2.22. The average molecular weight is 307 g/mol. The molecule has 0 unspecified atom stereocenters. The highest BCUT2D eigenvalue weighted by Crippen LogP contribution is 2.17. The fraction of sp³-hybridized carbons (Fsp3) is 0.462. The van der Waals surface area contributed by atoms with Crippen molar-refractivity contribution in [2.24, 2.45) is 5.73 Å². The first-order valence-corrected chi connectivity index (χ1v) is 6.16. The molecule has 1 aliphatic rings. The number of ether oxygens (including phenoxy) is 1. The van der Waals surface area contributed by atoms with Gasteiger partial charge in [-0.15, -0.1) is 12.4 Å². The quantitative estimate of drug-likeness (QED) is 0.932. The van der Waals surface area contributed by atoms with Crippen LogP contribution in [0.1, 0.15) is 23.2 Å². The van der Waals surface area contributed by atoms with Gasteiger partial charge in [-0.2, -0.15) is 8.78 Å². The van der Waals surface area contributed by atoms with E-state index in [1.165, 1.54) is 24.3 Å². The van der Waals surface area contributed by atoms with Crippen molar-refractivity contribution in [2.45, 2.75) is 25.5 Å². The number of hydrogen-bond donors (Lipinski definition) is 1. The van der Waals surface area contributed by atoms with E-state index in [0.717, 1.165) is 12.8 Å². The number of likely N-dealkylation sites (tertiary alicyclic amines) is 1. The summed E-state index contributed by atoms with van der Waals surface area (Å²) in [6, 6.07) is 5.71. The van der Waals surface area contributed by atoms with Crippen molar-refractivity contribution in [1.29, 1.82) is 0 Å². The molecule has 112 valence electrons. The molecule has 1 aliphatic heterocycles. The summed E-state index contributed by atoms with van der Waals surface area (Å²) >= 11 is 0. The van der Waals surface area contributed by atoms with Gasteiger partial charge in [0, 0.05) is 24.7 Å². The van der Waals surface area contributed by atoms with Crippen molar-refractivity contribution in [1.82, 2.24) is 4.90 Å². The Hall–Kier alpha value is -1.40. The summed E-state index contributed by atoms with van der Waals surface area (Å²) in [5, 5.41) is 0. The maximum Gasteiger partial charge on any atom is 0.387 e. The number of nitrogens with zero attached hydrogens (tertiary/aromatic N) is 1. The Morgan fingerprint density at radius 1 is 1.35 bits per heavy atom. The van der Waals surface area contributed by atoms with Crippen LogP contribution in [0.15, 0.2) is 24.3 Å². The molecule has 1 aromatic rings. The number of rotatable bonds is 3. The van der Waals surface area contributed by atoms with Crippen LogP contribution in [0, 0.1) is 0 Å². The van der Waals surface area contributed by atoms with Crippen LogP contribution < -0.4 is 10.5 Å². The Kier molecular flexibility index (Phi) is 6.16. The molecule has 0 radical (unpaired) electrons. The van der Waals surface area contributed by atoms with E-state index >= 15 is 0 Å². The van der Waals surface area contributed by atoms with Crippen LogP contribution in [-0.2, 0) is 0 Å². The molecule has 1 fully saturated rings. The predicted molar refractivity (Wildman–Crippen MR) is 73.4 cm³/mol. The number of nitrogens with two attached hydrogens (primary N) is 1. The van der Waals surface area contributed by atoms with E-state index in [9.17, 15) is 13.6 Å². The zero-order chi connectivity index (χ0) is 13.8. The number of hydrogen-bond acceptors (Lipinski definition) is 3. The molecule has 20 heavy (non-hydrogen) atoms. The van der Waals surface area contributed by atoms with Crippen LogP contribution in [0.5, 0.6) is 5.75 Å². The van der Waals surface area contributed by atoms with Gasteiger partial charge in [-0.3, -0.25) is 4.79 Å². The predicted octanol–water partition coefficient (Wildman–Crippen LogP) is 2.27. The van der Waals surface area contributed by atoms with Crippen molar-refractivity contribution < 1.29 is 18.3 Å². The van der Waals surface area contributed by atoms with E-state index in [-0.39, 0.29) is 30.1 Å². The first kappa shape index (κ1) is 16.7. The van der Waals surface area contributed by atoms with E-state index in [1.54, 1.807) is 4.90 Å². The second-order valence-electron chi connectivity index (χ2n) is 4.56. The standard InChI is InChI=1S/C13H16F2N2O2.ClH/c14-13(15)19-11-5-3-9(4-6-11)12(18)17-7-1-2-10(16)8-17;/h3-6,10,13H,1-2,7-8,16H2;1H/t10-;/m1./s1. The summed E-state index contributed by atoms with van der Waals surface area (Å²) in [4.78, 5) is 13.9. The normalized spacial score (nSPS) is 18.6. The lowest BCUT2D eigenvalue weighted by Gasteiger charge is -2.30. The third kappa shape index (κ3) is 4.31. The third-order valence-corrected chi connectivity index (χ3v) is 3.07. The topological polar surface area (TPSA) is 55.6 Å². The molecule has 1 atom stereocenters. The molecular formula is C13H17ClF2N2O2. The Bertz CT molecular complexity index is 443. The highest BCUT2D eigenvalue weighted by atomic mass is 35.5. The first-order valence-electron chi connectivity index (χ1n) is 6.16. The molecule has 1 aromatic carbocycles. The van der Waals surface area contributed by atoms with E-state index in [2.05, 4.69) is 4.74 Å². The second kappa shape index (κ2) is 7.40. The molecule has 0 spiro atoms. The van der Waals surface area contributed by atoms with Crippen molar-refractivity contribution in [2.75, 3.05) is 13.1 Å². The van der Waals surface area contributed by atoms with Gasteiger partial charge in [-0.05, 0) is 37.1 Å². The second-order valence-corrected chi connectivity index (χ2v) is 4.56. The monoisotopic (exact) mass is 306 g/mol. The molecule has 7 heteroatoms. The number of alkyl halides is 2. The van der Waals surface area contributed by atoms with Gasteiger partial charge in [0.05, 0.1) is 0 Å². The SMILES string of the molecule is Cl.N[C@@H]1CCCN(C(=O)c2ccc(OC(F)F)cc2)C1. The minimum absolute atomic E-state index is 0. The first-order chi connectivity index (χ1) is 9.06. The lowest BCUT2D eigenvalue weighted by atomic mass is 10.1. The van der Waals surface area contributed by atoms with Crippen LogP contribution in [0.4, 0.5) is 8.78 Å². The fourth-order valence-electron chi connectivity index (χ4n) is 2.16. The van der Waals surface area contributed by atoms with Crippen molar-refractivity contribution in [3.05, 3.63) is 29.8 Å². The summed E-state index contributed by atoms with van der Waals surface area (Å²) in [6.45, 7) is -1.64. The summed E-state index contributed by atoms with van der Waals surface area (Å²) in [5.41, 5.74) is 6.28. The van der Waals surface area contributed by atoms with Gasteiger partial charge in [-0.25, -0.2) is 0 Å². The molecule has 4 nitrogen and oxygen atoms in total. The smallest absolute Gasteiger partial charge is 0.387 e. The largest absolute Gasteiger partial charge is 0.435 e. The molecular weight excluding hydrogens is 290 g/mol. The van der Waals surface area contributed by atoms with Crippen LogP contribution in [0.3, 0.4) is 0 Å². The number of carbonyl (C=O) groups is 1. The van der Waals surface area contributed by atoms with E-state index in [1.807, 2.05) is 0 Å². The summed E-state index contributed by atoms with van der Waals surface area (Å²) < 4.78 is 28.2. The van der Waals surface area contributed by atoms with E-state index in [4.69, 9.17) is 5.73 Å². The van der Waals surface area contributed by atoms with Crippen molar-refractivity contribution in [3.63, 3.8) is 0 Å². The van der Waals surface area contributed by atoms with Crippen LogP contribution >= 0.6 is 12.4 Å². The molecule has 2 rings (SSSR count). The zero-order valence-electron chi connectivity index (χ0n) is 10.8. The number of carbonyl (C=O) groups excluding carboxylic acids is 1. The molecule has 0 saturated carbocycles. The number of benzene rings is 1. The van der Waals surface area contributed by atoms with E-state index in [0.29, 0.717) is 18.7 Å². The lowest BCUT2D eigenvalue weighted by Crippen LogP contribution is -2.45. The summed E-state index contributed by atoms with van der Waals surface area (Å²) in [6.07, 6.45) is 1.81. The molecule has 1 amide bonds. The van der Waals surface area contributed by atoms with Gasteiger partial charge in [0.2, 0.25) is 0 Å². The summed E-state index contributed by atoms with van der Waals surface area (Å²) in [5.74, 6) is -0.0827. The minimum Gasteiger partial charge on any atom is -0.435 e. The average Bonchev–Trinajstić information content (AvgIpc) is 2.38. The number of piperidine rings is 1. The molecule has 1 heterocycles. The maximum absolute atomic E-state index is 12.2. The van der Waals surface area contributed by atoms with Crippen molar-refractivity contribution >= 4 is 18.3 Å². The minimum atomic E-state index is -2.86. The highest BCUT2D eigenvalue weighted by molar-refractivity contribution is 5.94. The van der Waals surface area contributed by atoms with Gasteiger partial charge >= 0.3 is 6.61 Å². The fourth-order valence-corrected chi connectivity index (χ4v) is 2.16. The molecule has 2 N–H and O–H groups in total. The number of amides is 1. The third-order valence-electron chi connectivity index (χ3n) is 3.07.